The van der Waals surface area contributed by atoms with Crippen molar-refractivity contribution in [2.45, 2.75) is 38.6 Å². The van der Waals surface area contributed by atoms with Gasteiger partial charge in [0.15, 0.2) is 0 Å². The summed E-state index contributed by atoms with van der Waals surface area (Å²) in [5.41, 5.74) is 0. The predicted octanol–water partition coefficient (Wildman–Crippen LogP) is 2.52. The van der Waals surface area contributed by atoms with E-state index in [-0.39, 0.29) is 0 Å². The van der Waals surface area contributed by atoms with Gasteiger partial charge >= 0.3 is 0 Å². The van der Waals surface area contributed by atoms with Gasteiger partial charge in [-0.15, -0.1) is 18.2 Å². The Kier molecular flexibility index (Phi) is 6.14. The highest BCUT2D eigenvalue weighted by atomic mass is 32.2. The summed E-state index contributed by atoms with van der Waals surface area (Å²) in [6, 6.07) is 0.784. The molecule has 0 amide bonds. The van der Waals surface area contributed by atoms with Crippen LogP contribution in [0.3, 0.4) is 0 Å². The third-order valence-corrected chi connectivity index (χ3v) is 3.85. The van der Waals surface area contributed by atoms with Gasteiger partial charge in [0.1, 0.15) is 0 Å². The molecule has 0 spiro atoms. The molecule has 1 aliphatic carbocycles. The SMILES string of the molecule is C#CCSCCNC1CCC(CC)C1. The van der Waals surface area contributed by atoms with Crippen LogP contribution in [0.2, 0.25) is 0 Å². The van der Waals surface area contributed by atoms with Gasteiger partial charge in [-0.05, 0) is 25.2 Å². The molecule has 0 radical (unpaired) electrons. The van der Waals surface area contributed by atoms with E-state index in [0.29, 0.717) is 0 Å². The molecular formula is C12H21NS. The number of thioether (sulfide) groups is 1. The van der Waals surface area contributed by atoms with Gasteiger partial charge in [-0.25, -0.2) is 0 Å². The van der Waals surface area contributed by atoms with Crippen molar-refractivity contribution < 1.29 is 0 Å². The fourth-order valence-corrected chi connectivity index (χ4v) is 2.62. The Morgan fingerprint density at radius 2 is 2.36 bits per heavy atom. The lowest BCUT2D eigenvalue weighted by atomic mass is 10.1. The molecule has 80 valence electrons. The van der Waals surface area contributed by atoms with Crippen molar-refractivity contribution in [3.05, 3.63) is 0 Å². The highest BCUT2D eigenvalue weighted by Crippen LogP contribution is 2.27. The van der Waals surface area contributed by atoms with Gasteiger partial charge in [0.2, 0.25) is 0 Å². The average molecular weight is 211 g/mol. The Bertz CT molecular complexity index is 185. The molecule has 0 aromatic rings. The van der Waals surface area contributed by atoms with Crippen molar-refractivity contribution >= 4 is 11.8 Å². The fraction of sp³-hybridized carbons (Fsp3) is 0.833. The molecule has 0 aliphatic heterocycles. The van der Waals surface area contributed by atoms with Crippen LogP contribution in [0.5, 0.6) is 0 Å². The van der Waals surface area contributed by atoms with Crippen LogP contribution in [0.15, 0.2) is 0 Å². The molecule has 2 heteroatoms. The van der Waals surface area contributed by atoms with Crippen molar-refractivity contribution in [3.63, 3.8) is 0 Å². The van der Waals surface area contributed by atoms with Gasteiger partial charge in [-0.2, -0.15) is 0 Å². The van der Waals surface area contributed by atoms with Crippen LogP contribution < -0.4 is 5.32 Å². The van der Waals surface area contributed by atoms with Crippen molar-refractivity contribution in [2.24, 2.45) is 5.92 Å². The van der Waals surface area contributed by atoms with Gasteiger partial charge in [0.05, 0.1) is 5.75 Å². The van der Waals surface area contributed by atoms with Gasteiger partial charge in [0.25, 0.3) is 0 Å². The second-order valence-corrected chi connectivity index (χ2v) is 5.10. The lowest BCUT2D eigenvalue weighted by Gasteiger charge is -2.11. The van der Waals surface area contributed by atoms with Crippen LogP contribution in [-0.4, -0.2) is 24.1 Å². The minimum Gasteiger partial charge on any atom is -0.313 e. The first-order valence-electron chi connectivity index (χ1n) is 5.61. The molecule has 0 saturated heterocycles. The molecule has 2 atom stereocenters. The monoisotopic (exact) mass is 211 g/mol. The summed E-state index contributed by atoms with van der Waals surface area (Å²) in [6.07, 6.45) is 10.7. The number of nitrogens with one attached hydrogen (secondary N) is 1. The number of terminal acetylenes is 1. The van der Waals surface area contributed by atoms with Crippen molar-refractivity contribution in [3.8, 4) is 12.3 Å². The lowest BCUT2D eigenvalue weighted by molar-refractivity contribution is 0.486. The maximum atomic E-state index is 5.18. The number of hydrogen-bond donors (Lipinski definition) is 1. The molecule has 1 N–H and O–H groups in total. The van der Waals surface area contributed by atoms with E-state index < -0.39 is 0 Å². The van der Waals surface area contributed by atoms with Gasteiger partial charge < -0.3 is 5.32 Å². The van der Waals surface area contributed by atoms with E-state index in [1.807, 2.05) is 11.8 Å². The van der Waals surface area contributed by atoms with E-state index in [1.54, 1.807) is 0 Å². The van der Waals surface area contributed by atoms with Crippen molar-refractivity contribution in [1.29, 1.82) is 0 Å². The highest BCUT2D eigenvalue weighted by Gasteiger charge is 2.22. The van der Waals surface area contributed by atoms with E-state index in [4.69, 9.17) is 6.42 Å². The van der Waals surface area contributed by atoms with E-state index in [1.165, 1.54) is 25.7 Å². The van der Waals surface area contributed by atoms with Crippen LogP contribution in [0.4, 0.5) is 0 Å². The van der Waals surface area contributed by atoms with E-state index in [9.17, 15) is 0 Å². The van der Waals surface area contributed by atoms with Gasteiger partial charge in [0, 0.05) is 18.3 Å². The maximum absolute atomic E-state index is 5.18. The predicted molar refractivity (Wildman–Crippen MR) is 65.6 cm³/mol. The summed E-state index contributed by atoms with van der Waals surface area (Å²) in [6.45, 7) is 3.42. The Balaban J connectivity index is 1.95. The molecular weight excluding hydrogens is 190 g/mol. The highest BCUT2D eigenvalue weighted by molar-refractivity contribution is 7.99. The topological polar surface area (TPSA) is 12.0 Å². The minimum atomic E-state index is 0.784. The first-order chi connectivity index (χ1) is 6.86. The van der Waals surface area contributed by atoms with Crippen LogP contribution in [0, 0.1) is 18.3 Å². The van der Waals surface area contributed by atoms with Gasteiger partial charge in [-0.1, -0.05) is 19.3 Å². The second-order valence-electron chi connectivity index (χ2n) is 4.00. The normalized spacial score (nSPS) is 26.3. The molecule has 1 aliphatic rings. The fourth-order valence-electron chi connectivity index (χ4n) is 2.10. The molecule has 0 aromatic heterocycles. The minimum absolute atomic E-state index is 0.784. The van der Waals surface area contributed by atoms with E-state index in [2.05, 4.69) is 18.2 Å². The van der Waals surface area contributed by atoms with Crippen LogP contribution >= 0.6 is 11.8 Å². The summed E-state index contributed by atoms with van der Waals surface area (Å²) < 4.78 is 0. The van der Waals surface area contributed by atoms with Crippen LogP contribution in [0.25, 0.3) is 0 Å². The quantitative estimate of drug-likeness (QED) is 0.535. The Hall–Kier alpha value is -0.130. The molecule has 2 unspecified atom stereocenters. The summed E-state index contributed by atoms with van der Waals surface area (Å²) in [5.74, 6) is 5.63. The summed E-state index contributed by atoms with van der Waals surface area (Å²) in [5, 5.41) is 3.62. The van der Waals surface area contributed by atoms with Gasteiger partial charge in [-0.3, -0.25) is 0 Å². The zero-order valence-electron chi connectivity index (χ0n) is 9.09. The smallest absolute Gasteiger partial charge is 0.0545 e. The second kappa shape index (κ2) is 7.20. The first kappa shape index (κ1) is 11.9. The van der Waals surface area contributed by atoms with Crippen LogP contribution in [0.1, 0.15) is 32.6 Å². The largest absolute Gasteiger partial charge is 0.313 e. The zero-order valence-corrected chi connectivity index (χ0v) is 9.91. The van der Waals surface area contributed by atoms with Crippen molar-refractivity contribution in [1.82, 2.24) is 5.32 Å². The molecule has 1 rings (SSSR count). The third kappa shape index (κ3) is 4.39. The molecule has 0 heterocycles. The maximum Gasteiger partial charge on any atom is 0.0545 e. The molecule has 0 bridgehead atoms. The lowest BCUT2D eigenvalue weighted by Crippen LogP contribution is -2.28. The van der Waals surface area contributed by atoms with E-state index >= 15 is 0 Å². The zero-order chi connectivity index (χ0) is 10.2. The van der Waals surface area contributed by atoms with Crippen LogP contribution in [-0.2, 0) is 0 Å². The molecule has 0 aromatic carbocycles. The molecule has 14 heavy (non-hydrogen) atoms. The number of rotatable bonds is 6. The standard InChI is InChI=1S/C12H21NS/c1-3-8-14-9-7-13-12-6-5-11(4-2)10-12/h1,11-13H,4-10H2,2H3. The molecule has 1 saturated carbocycles. The summed E-state index contributed by atoms with van der Waals surface area (Å²) in [7, 11) is 0. The Labute approximate surface area is 92.4 Å². The molecule has 1 fully saturated rings. The van der Waals surface area contributed by atoms with E-state index in [0.717, 1.165) is 30.0 Å². The third-order valence-electron chi connectivity index (χ3n) is 2.98. The average Bonchev–Trinajstić information content (AvgIpc) is 2.65. The first-order valence-corrected chi connectivity index (χ1v) is 6.76. The summed E-state index contributed by atoms with van der Waals surface area (Å²) in [4.78, 5) is 0. The number of hydrogen-bond acceptors (Lipinski definition) is 2. The Morgan fingerprint density at radius 3 is 3.00 bits per heavy atom. The molecule has 1 nitrogen and oxygen atoms in total. The van der Waals surface area contributed by atoms with Crippen molar-refractivity contribution in [2.75, 3.05) is 18.1 Å². The Morgan fingerprint density at radius 1 is 1.50 bits per heavy atom. The summed E-state index contributed by atoms with van der Waals surface area (Å²) >= 11 is 1.84.